The monoisotopic (exact) mass is 266 g/mol. The van der Waals surface area contributed by atoms with Crippen molar-refractivity contribution in [2.45, 2.75) is 19.5 Å². The van der Waals surface area contributed by atoms with E-state index in [1.165, 1.54) is 12.1 Å². The third-order valence-electron chi connectivity index (χ3n) is 2.65. The number of H-pyrrole nitrogens is 1. The molecule has 0 saturated carbocycles. The second-order valence-corrected chi connectivity index (χ2v) is 4.86. The van der Waals surface area contributed by atoms with Crippen molar-refractivity contribution in [3.8, 4) is 11.5 Å². The van der Waals surface area contributed by atoms with Gasteiger partial charge in [0, 0.05) is 35.3 Å². The third-order valence-corrected chi connectivity index (χ3v) is 3.37. The molecule has 0 bridgehead atoms. The molecule has 1 heterocycles. The van der Waals surface area contributed by atoms with Gasteiger partial charge in [-0.1, -0.05) is 17.4 Å². The van der Waals surface area contributed by atoms with E-state index in [0.717, 1.165) is 17.0 Å². The van der Waals surface area contributed by atoms with Crippen LogP contribution in [0, 0.1) is 0 Å². The number of thiazole rings is 1. The van der Waals surface area contributed by atoms with Gasteiger partial charge in [0.2, 0.25) is 0 Å². The van der Waals surface area contributed by atoms with Crippen LogP contribution in [0.4, 0.5) is 0 Å². The van der Waals surface area contributed by atoms with Crippen molar-refractivity contribution in [2.75, 3.05) is 0 Å². The van der Waals surface area contributed by atoms with Gasteiger partial charge < -0.3 is 20.5 Å². The van der Waals surface area contributed by atoms with Crippen molar-refractivity contribution in [1.82, 2.24) is 10.3 Å². The maximum Gasteiger partial charge on any atom is 0.304 e. The molecule has 1 aromatic carbocycles. The van der Waals surface area contributed by atoms with Gasteiger partial charge in [-0.15, -0.1) is 0 Å². The molecule has 0 spiro atoms. The van der Waals surface area contributed by atoms with Crippen LogP contribution in [0.15, 0.2) is 28.4 Å². The first-order valence-electron chi connectivity index (χ1n) is 5.48. The number of benzene rings is 1. The second kappa shape index (κ2) is 5.24. The minimum absolute atomic E-state index is 0.0330. The number of phenolic OH excluding ortho intramolecular Hbond substituents is 2. The lowest BCUT2D eigenvalue weighted by atomic mass is 10.1. The van der Waals surface area contributed by atoms with Gasteiger partial charge in [-0.2, -0.15) is 0 Å². The highest BCUT2D eigenvalue weighted by Gasteiger charge is 2.10. The summed E-state index contributed by atoms with van der Waals surface area (Å²) in [6.07, 6.45) is 0. The van der Waals surface area contributed by atoms with E-state index >= 15 is 0 Å². The van der Waals surface area contributed by atoms with Gasteiger partial charge >= 0.3 is 4.87 Å². The zero-order chi connectivity index (χ0) is 13.1. The van der Waals surface area contributed by atoms with E-state index in [2.05, 4.69) is 10.3 Å². The molecule has 96 valence electrons. The predicted octanol–water partition coefficient (Wildman–Crippen LogP) is 1.70. The van der Waals surface area contributed by atoms with Crippen LogP contribution in [-0.4, -0.2) is 15.2 Å². The highest BCUT2D eigenvalue weighted by Crippen LogP contribution is 2.27. The molecule has 5 nitrogen and oxygen atoms in total. The molecule has 4 N–H and O–H groups in total. The van der Waals surface area contributed by atoms with E-state index in [4.69, 9.17) is 0 Å². The molecule has 1 unspecified atom stereocenters. The summed E-state index contributed by atoms with van der Waals surface area (Å²) in [5.41, 5.74) is 1.51. The van der Waals surface area contributed by atoms with Gasteiger partial charge in [-0.25, -0.2) is 0 Å². The largest absolute Gasteiger partial charge is 0.508 e. The molecular formula is C12H14N2O3S. The Kier molecular flexibility index (Phi) is 3.69. The molecule has 0 aliphatic rings. The maximum absolute atomic E-state index is 11.0. The molecule has 0 fully saturated rings. The summed E-state index contributed by atoms with van der Waals surface area (Å²) in [5.74, 6) is 0.0828. The number of nitrogens with one attached hydrogen (secondary N) is 2. The number of hydrogen-bond donors (Lipinski definition) is 4. The molecule has 1 aromatic heterocycles. The number of aromatic hydroxyl groups is 2. The van der Waals surface area contributed by atoms with Crippen molar-refractivity contribution in [3.05, 3.63) is 44.5 Å². The SMILES string of the molecule is CC(NCc1csc(=O)[nH]1)c1ccc(O)cc1O. The molecular weight excluding hydrogens is 252 g/mol. The summed E-state index contributed by atoms with van der Waals surface area (Å²) in [5, 5.41) is 23.9. The van der Waals surface area contributed by atoms with Crippen LogP contribution < -0.4 is 10.2 Å². The molecule has 0 amide bonds. The number of aromatic amines is 1. The zero-order valence-electron chi connectivity index (χ0n) is 9.80. The van der Waals surface area contributed by atoms with Gasteiger partial charge in [0.25, 0.3) is 0 Å². The van der Waals surface area contributed by atoms with Crippen molar-refractivity contribution in [1.29, 1.82) is 0 Å². The summed E-state index contributed by atoms with van der Waals surface area (Å²) < 4.78 is 0. The number of phenols is 2. The van der Waals surface area contributed by atoms with Crippen molar-refractivity contribution in [2.24, 2.45) is 0 Å². The van der Waals surface area contributed by atoms with Crippen LogP contribution in [0.3, 0.4) is 0 Å². The summed E-state index contributed by atoms with van der Waals surface area (Å²) in [7, 11) is 0. The van der Waals surface area contributed by atoms with Gasteiger partial charge in [0.15, 0.2) is 0 Å². The highest BCUT2D eigenvalue weighted by atomic mass is 32.1. The van der Waals surface area contributed by atoms with Crippen LogP contribution >= 0.6 is 11.3 Å². The number of rotatable bonds is 4. The van der Waals surface area contributed by atoms with Gasteiger partial charge in [-0.05, 0) is 13.0 Å². The molecule has 2 rings (SSSR count). The topological polar surface area (TPSA) is 85.4 Å². The van der Waals surface area contributed by atoms with Crippen LogP contribution in [0.5, 0.6) is 11.5 Å². The van der Waals surface area contributed by atoms with E-state index in [1.807, 2.05) is 6.92 Å². The lowest BCUT2D eigenvalue weighted by molar-refractivity contribution is 0.435. The second-order valence-electron chi connectivity index (χ2n) is 4.02. The molecule has 6 heteroatoms. The maximum atomic E-state index is 11.0. The minimum Gasteiger partial charge on any atom is -0.508 e. The Morgan fingerprint density at radius 1 is 1.44 bits per heavy atom. The smallest absolute Gasteiger partial charge is 0.304 e. The Morgan fingerprint density at radius 2 is 2.22 bits per heavy atom. The van der Waals surface area contributed by atoms with Gasteiger partial charge in [0.05, 0.1) is 0 Å². The normalized spacial score (nSPS) is 12.5. The summed E-state index contributed by atoms with van der Waals surface area (Å²) in [4.78, 5) is 13.6. The fourth-order valence-corrected chi connectivity index (χ4v) is 2.25. The Morgan fingerprint density at radius 3 is 2.83 bits per heavy atom. The van der Waals surface area contributed by atoms with E-state index in [0.29, 0.717) is 12.1 Å². The third kappa shape index (κ3) is 2.91. The first-order chi connectivity index (χ1) is 8.56. The highest BCUT2D eigenvalue weighted by molar-refractivity contribution is 7.07. The van der Waals surface area contributed by atoms with Crippen molar-refractivity contribution < 1.29 is 10.2 Å². The average molecular weight is 266 g/mol. The molecule has 0 radical (unpaired) electrons. The predicted molar refractivity (Wildman–Crippen MR) is 70.0 cm³/mol. The van der Waals surface area contributed by atoms with E-state index in [-0.39, 0.29) is 22.4 Å². The summed E-state index contributed by atoms with van der Waals surface area (Å²) in [6, 6.07) is 4.41. The summed E-state index contributed by atoms with van der Waals surface area (Å²) in [6.45, 7) is 2.41. The molecule has 1 atom stereocenters. The quantitative estimate of drug-likeness (QED) is 0.678. The average Bonchev–Trinajstić information content (AvgIpc) is 2.72. The lowest BCUT2D eigenvalue weighted by Crippen LogP contribution is -2.18. The Hall–Kier alpha value is -1.79. The fourth-order valence-electron chi connectivity index (χ4n) is 1.67. The standard InChI is InChI=1S/C12H14N2O3S/c1-7(10-3-2-9(15)4-11(10)16)13-5-8-6-18-12(17)14-8/h2-4,6-7,13,15-16H,5H2,1H3,(H,14,17). The first-order valence-corrected chi connectivity index (χ1v) is 6.36. The van der Waals surface area contributed by atoms with E-state index < -0.39 is 0 Å². The lowest BCUT2D eigenvalue weighted by Gasteiger charge is -2.15. The molecule has 18 heavy (non-hydrogen) atoms. The Bertz CT molecular complexity index is 591. The fraction of sp³-hybridized carbons (Fsp3) is 0.250. The molecule has 0 saturated heterocycles. The number of aromatic nitrogens is 1. The molecule has 0 aliphatic carbocycles. The molecule has 2 aromatic rings. The Balaban J connectivity index is 2.03. The molecule has 0 aliphatic heterocycles. The van der Waals surface area contributed by atoms with Crippen molar-refractivity contribution in [3.63, 3.8) is 0 Å². The summed E-state index contributed by atoms with van der Waals surface area (Å²) >= 11 is 1.12. The van der Waals surface area contributed by atoms with Crippen LogP contribution in [0.2, 0.25) is 0 Å². The van der Waals surface area contributed by atoms with Crippen LogP contribution in [0.25, 0.3) is 0 Å². The van der Waals surface area contributed by atoms with Gasteiger partial charge in [-0.3, -0.25) is 4.79 Å². The van der Waals surface area contributed by atoms with Crippen LogP contribution in [0.1, 0.15) is 24.2 Å². The number of hydrogen-bond acceptors (Lipinski definition) is 5. The van der Waals surface area contributed by atoms with E-state index in [1.54, 1.807) is 11.4 Å². The van der Waals surface area contributed by atoms with Crippen molar-refractivity contribution >= 4 is 11.3 Å². The van der Waals surface area contributed by atoms with Gasteiger partial charge in [0.1, 0.15) is 11.5 Å². The zero-order valence-corrected chi connectivity index (χ0v) is 10.6. The van der Waals surface area contributed by atoms with Crippen LogP contribution in [-0.2, 0) is 6.54 Å². The minimum atomic E-state index is -0.0889. The Labute approximate surface area is 108 Å². The first kappa shape index (κ1) is 12.7. The van der Waals surface area contributed by atoms with E-state index in [9.17, 15) is 15.0 Å².